The lowest BCUT2D eigenvalue weighted by atomic mass is 9.86. The molecule has 4 nitrogen and oxygen atoms in total. The molecular formula is C18H24N2O2. The van der Waals surface area contributed by atoms with E-state index in [1.807, 2.05) is 0 Å². The van der Waals surface area contributed by atoms with Gasteiger partial charge >= 0.3 is 0 Å². The summed E-state index contributed by atoms with van der Waals surface area (Å²) in [6, 6.07) is 6.59. The Labute approximate surface area is 132 Å². The van der Waals surface area contributed by atoms with Gasteiger partial charge in [-0.2, -0.15) is 0 Å². The van der Waals surface area contributed by atoms with Gasteiger partial charge in [0, 0.05) is 6.42 Å². The van der Waals surface area contributed by atoms with Gasteiger partial charge in [-0.05, 0) is 35.4 Å². The topological polar surface area (TPSA) is 43.2 Å². The van der Waals surface area contributed by atoms with Gasteiger partial charge in [-0.3, -0.25) is 0 Å². The van der Waals surface area contributed by atoms with Crippen molar-refractivity contribution in [1.29, 1.82) is 0 Å². The van der Waals surface area contributed by atoms with Gasteiger partial charge < -0.3 is 9.47 Å². The van der Waals surface area contributed by atoms with Crippen LogP contribution < -0.4 is 0 Å². The van der Waals surface area contributed by atoms with Crippen LogP contribution in [0.1, 0.15) is 30.5 Å². The van der Waals surface area contributed by atoms with Crippen molar-refractivity contribution in [2.24, 2.45) is 15.9 Å². The Morgan fingerprint density at radius 1 is 1.05 bits per heavy atom. The van der Waals surface area contributed by atoms with Crippen molar-refractivity contribution in [3.8, 4) is 0 Å². The number of aryl methyl sites for hydroxylation is 2. The molecule has 1 aromatic rings. The minimum Gasteiger partial charge on any atom is -0.483 e. The van der Waals surface area contributed by atoms with Crippen LogP contribution in [-0.4, -0.2) is 38.1 Å². The fourth-order valence-electron chi connectivity index (χ4n) is 3.09. The summed E-state index contributed by atoms with van der Waals surface area (Å²) < 4.78 is 11.0. The van der Waals surface area contributed by atoms with Crippen LogP contribution in [0.3, 0.4) is 0 Å². The first-order chi connectivity index (χ1) is 10.6. The third kappa shape index (κ3) is 2.74. The van der Waals surface area contributed by atoms with Crippen LogP contribution in [0, 0.1) is 5.92 Å². The number of ether oxygens (including phenoxy) is 2. The first-order valence-corrected chi connectivity index (χ1v) is 7.96. The molecule has 2 aliphatic rings. The van der Waals surface area contributed by atoms with Crippen molar-refractivity contribution < 1.29 is 9.47 Å². The molecule has 0 N–H and O–H groups in total. The zero-order chi connectivity index (χ0) is 15.7. The van der Waals surface area contributed by atoms with Gasteiger partial charge in [0.2, 0.25) is 11.8 Å². The first kappa shape index (κ1) is 15.1. The van der Waals surface area contributed by atoms with Gasteiger partial charge in [-0.25, -0.2) is 9.98 Å². The van der Waals surface area contributed by atoms with Crippen LogP contribution in [0.25, 0.3) is 0 Å². The summed E-state index contributed by atoms with van der Waals surface area (Å²) in [5.74, 6) is 1.76. The Bertz CT molecular complexity index is 620. The van der Waals surface area contributed by atoms with Crippen molar-refractivity contribution in [1.82, 2.24) is 0 Å². The molecule has 1 aliphatic carbocycles. The van der Waals surface area contributed by atoms with Gasteiger partial charge in [0.05, 0.1) is 14.2 Å². The summed E-state index contributed by atoms with van der Waals surface area (Å²) in [6.45, 7) is 4.24. The molecule has 0 saturated heterocycles. The van der Waals surface area contributed by atoms with Gasteiger partial charge in [-0.1, -0.05) is 32.0 Å². The molecule has 22 heavy (non-hydrogen) atoms. The monoisotopic (exact) mass is 300 g/mol. The van der Waals surface area contributed by atoms with Gasteiger partial charge in [0.1, 0.15) is 12.1 Å². The Balaban J connectivity index is 1.83. The molecule has 0 fully saturated rings. The van der Waals surface area contributed by atoms with E-state index in [0.717, 1.165) is 6.42 Å². The molecular weight excluding hydrogens is 276 g/mol. The molecule has 0 spiro atoms. The molecule has 0 bridgehead atoms. The Hall–Kier alpha value is -1.84. The fourth-order valence-corrected chi connectivity index (χ4v) is 3.09. The highest BCUT2D eigenvalue weighted by molar-refractivity contribution is 5.94. The Morgan fingerprint density at radius 3 is 2.32 bits per heavy atom. The van der Waals surface area contributed by atoms with Crippen molar-refractivity contribution in [3.05, 3.63) is 34.9 Å². The summed E-state index contributed by atoms with van der Waals surface area (Å²) in [5, 5.41) is 0. The fraction of sp³-hybridized carbons (Fsp3) is 0.556. The van der Waals surface area contributed by atoms with E-state index < -0.39 is 0 Å². The van der Waals surface area contributed by atoms with Crippen LogP contribution in [0.5, 0.6) is 0 Å². The molecule has 0 aromatic heterocycles. The maximum absolute atomic E-state index is 5.50. The molecule has 4 heteroatoms. The van der Waals surface area contributed by atoms with E-state index in [2.05, 4.69) is 32.0 Å². The van der Waals surface area contributed by atoms with Crippen LogP contribution in [0.2, 0.25) is 0 Å². The maximum atomic E-state index is 5.50. The number of aliphatic imine (C=N–C) groups is 2. The van der Waals surface area contributed by atoms with E-state index in [9.17, 15) is 0 Å². The predicted molar refractivity (Wildman–Crippen MR) is 88.9 cm³/mol. The lowest BCUT2D eigenvalue weighted by molar-refractivity contribution is 0.332. The van der Waals surface area contributed by atoms with E-state index in [-0.39, 0.29) is 12.1 Å². The number of methoxy groups -OCH3 is 2. The maximum Gasteiger partial charge on any atom is 0.209 e. The minimum atomic E-state index is -0.0897. The van der Waals surface area contributed by atoms with Gasteiger partial charge in [-0.15, -0.1) is 0 Å². The van der Waals surface area contributed by atoms with Gasteiger partial charge in [0.25, 0.3) is 0 Å². The van der Waals surface area contributed by atoms with E-state index in [0.29, 0.717) is 17.7 Å². The molecule has 3 rings (SSSR count). The Morgan fingerprint density at radius 2 is 1.77 bits per heavy atom. The lowest BCUT2D eigenvalue weighted by Crippen LogP contribution is -2.38. The molecule has 118 valence electrons. The SMILES string of the molecule is COC1=N[C@H](Cc2ccc3c(c2)CC3)C(OC)=N[C@H]1C(C)C. The molecule has 0 amide bonds. The molecule has 1 heterocycles. The van der Waals surface area contributed by atoms with Crippen molar-refractivity contribution >= 4 is 11.8 Å². The second-order valence-corrected chi connectivity index (χ2v) is 6.35. The number of hydrogen-bond donors (Lipinski definition) is 0. The van der Waals surface area contributed by atoms with Gasteiger partial charge in [0.15, 0.2) is 0 Å². The normalized spacial score (nSPS) is 23.3. The van der Waals surface area contributed by atoms with Crippen molar-refractivity contribution in [2.75, 3.05) is 14.2 Å². The molecule has 0 saturated carbocycles. The average Bonchev–Trinajstić information content (AvgIpc) is 2.49. The second kappa shape index (κ2) is 6.11. The predicted octanol–water partition coefficient (Wildman–Crippen LogP) is 2.82. The Kier molecular flexibility index (Phi) is 4.19. The van der Waals surface area contributed by atoms with E-state index in [1.165, 1.54) is 29.5 Å². The highest BCUT2D eigenvalue weighted by Gasteiger charge is 2.31. The summed E-state index contributed by atoms with van der Waals surface area (Å²) >= 11 is 0. The third-order valence-electron chi connectivity index (χ3n) is 4.50. The average molecular weight is 300 g/mol. The quantitative estimate of drug-likeness (QED) is 0.861. The number of fused-ring (bicyclic) bond motifs is 1. The minimum absolute atomic E-state index is 0.0481. The molecule has 0 unspecified atom stereocenters. The number of rotatable bonds is 3. The zero-order valence-corrected chi connectivity index (χ0v) is 13.8. The first-order valence-electron chi connectivity index (χ1n) is 7.96. The number of nitrogens with zero attached hydrogens (tertiary/aromatic N) is 2. The van der Waals surface area contributed by atoms with E-state index in [4.69, 9.17) is 19.5 Å². The largest absolute Gasteiger partial charge is 0.483 e. The van der Waals surface area contributed by atoms with Crippen molar-refractivity contribution in [3.63, 3.8) is 0 Å². The highest BCUT2D eigenvalue weighted by atomic mass is 16.5. The second-order valence-electron chi connectivity index (χ2n) is 6.35. The number of benzene rings is 1. The third-order valence-corrected chi connectivity index (χ3v) is 4.50. The van der Waals surface area contributed by atoms with Crippen molar-refractivity contribution in [2.45, 2.75) is 45.2 Å². The molecule has 0 radical (unpaired) electrons. The van der Waals surface area contributed by atoms with Crippen LogP contribution in [-0.2, 0) is 28.7 Å². The summed E-state index contributed by atoms with van der Waals surface area (Å²) in [6.07, 6.45) is 3.21. The summed E-state index contributed by atoms with van der Waals surface area (Å²) in [4.78, 5) is 9.48. The molecule has 2 atom stereocenters. The number of hydrogen-bond acceptors (Lipinski definition) is 4. The molecule has 1 aliphatic heterocycles. The summed E-state index contributed by atoms with van der Waals surface area (Å²) in [5.41, 5.74) is 4.24. The van der Waals surface area contributed by atoms with Crippen LogP contribution in [0.4, 0.5) is 0 Å². The van der Waals surface area contributed by atoms with E-state index in [1.54, 1.807) is 14.2 Å². The molecule has 1 aromatic carbocycles. The summed E-state index contributed by atoms with van der Waals surface area (Å²) in [7, 11) is 3.35. The smallest absolute Gasteiger partial charge is 0.209 e. The zero-order valence-electron chi connectivity index (χ0n) is 13.8. The lowest BCUT2D eigenvalue weighted by Gasteiger charge is -2.27. The van der Waals surface area contributed by atoms with E-state index >= 15 is 0 Å². The van der Waals surface area contributed by atoms with Crippen LogP contribution >= 0.6 is 0 Å². The van der Waals surface area contributed by atoms with Crippen LogP contribution in [0.15, 0.2) is 28.2 Å². The highest BCUT2D eigenvalue weighted by Crippen LogP contribution is 2.25. The standard InChI is InChI=1S/C18H24N2O2/c1-11(2)16-18(22-4)19-15(17(20-16)21-3)10-12-5-6-13-7-8-14(13)9-12/h5-6,9,11,15-16H,7-8,10H2,1-4H3/t15-,16+/m1/s1.